The standard InChI is InChI=1S/C21H22N2O/c1-2-8-20(18-10-4-3-5-11-18)22-21(24)16-23-14-13-17-9-6-7-12-19(17)15-23/h3-7,9-15,20H,2,8,16H2,1H3/p+1/t20-/m0/s1. The first kappa shape index (κ1) is 16.2. The van der Waals surface area contributed by atoms with Crippen LogP contribution in [0.25, 0.3) is 10.8 Å². The highest BCUT2D eigenvalue weighted by Gasteiger charge is 2.16. The molecule has 1 amide bonds. The van der Waals surface area contributed by atoms with E-state index >= 15 is 0 Å². The third-order valence-corrected chi connectivity index (χ3v) is 4.19. The molecule has 3 rings (SSSR count). The van der Waals surface area contributed by atoms with Crippen molar-refractivity contribution in [3.63, 3.8) is 0 Å². The van der Waals surface area contributed by atoms with Gasteiger partial charge in [-0.3, -0.25) is 4.79 Å². The maximum absolute atomic E-state index is 12.5. The van der Waals surface area contributed by atoms with Crippen LogP contribution in [0.2, 0.25) is 0 Å². The third-order valence-electron chi connectivity index (χ3n) is 4.19. The lowest BCUT2D eigenvalue weighted by atomic mass is 10.0. The van der Waals surface area contributed by atoms with Gasteiger partial charge in [0.1, 0.15) is 0 Å². The van der Waals surface area contributed by atoms with Crippen LogP contribution in [0.15, 0.2) is 73.1 Å². The van der Waals surface area contributed by atoms with Crippen molar-refractivity contribution >= 4 is 16.7 Å². The van der Waals surface area contributed by atoms with Gasteiger partial charge in [-0.25, -0.2) is 0 Å². The summed E-state index contributed by atoms with van der Waals surface area (Å²) in [6, 6.07) is 20.5. The number of fused-ring (bicyclic) bond motifs is 1. The van der Waals surface area contributed by atoms with Crippen molar-refractivity contribution in [2.45, 2.75) is 32.4 Å². The second-order valence-electron chi connectivity index (χ2n) is 6.07. The summed E-state index contributed by atoms with van der Waals surface area (Å²) < 4.78 is 1.94. The highest BCUT2D eigenvalue weighted by molar-refractivity contribution is 5.80. The van der Waals surface area contributed by atoms with E-state index < -0.39 is 0 Å². The molecule has 122 valence electrons. The number of aromatic nitrogens is 1. The first-order chi connectivity index (χ1) is 11.8. The zero-order valence-electron chi connectivity index (χ0n) is 14.0. The van der Waals surface area contributed by atoms with E-state index in [1.54, 1.807) is 0 Å². The monoisotopic (exact) mass is 319 g/mol. The molecular weight excluding hydrogens is 296 g/mol. The first-order valence-corrected chi connectivity index (χ1v) is 8.48. The van der Waals surface area contributed by atoms with Crippen molar-refractivity contribution in [3.05, 3.63) is 78.6 Å². The van der Waals surface area contributed by atoms with Gasteiger partial charge in [0.25, 0.3) is 5.91 Å². The average molecular weight is 319 g/mol. The van der Waals surface area contributed by atoms with Crippen LogP contribution in [-0.4, -0.2) is 5.91 Å². The molecule has 0 saturated heterocycles. The summed E-state index contributed by atoms with van der Waals surface area (Å²) in [6.07, 6.45) is 5.95. The van der Waals surface area contributed by atoms with Crippen LogP contribution in [0, 0.1) is 0 Å². The predicted molar refractivity (Wildman–Crippen MR) is 96.4 cm³/mol. The van der Waals surface area contributed by atoms with Crippen molar-refractivity contribution in [1.82, 2.24) is 5.32 Å². The molecule has 0 saturated carbocycles. The van der Waals surface area contributed by atoms with Gasteiger partial charge < -0.3 is 5.32 Å². The van der Waals surface area contributed by atoms with Gasteiger partial charge in [-0.1, -0.05) is 61.9 Å². The Labute approximate surface area is 143 Å². The molecule has 1 aromatic heterocycles. The Kier molecular flexibility index (Phi) is 5.22. The molecule has 0 unspecified atom stereocenters. The smallest absolute Gasteiger partial charge is 0.286 e. The number of pyridine rings is 1. The van der Waals surface area contributed by atoms with E-state index in [0.29, 0.717) is 6.54 Å². The normalized spacial score (nSPS) is 12.0. The van der Waals surface area contributed by atoms with Gasteiger partial charge in [0.2, 0.25) is 6.54 Å². The summed E-state index contributed by atoms with van der Waals surface area (Å²) in [6.45, 7) is 2.47. The number of nitrogens with zero attached hydrogens (tertiary/aromatic N) is 1. The molecule has 1 N–H and O–H groups in total. The Balaban J connectivity index is 1.70. The second-order valence-corrected chi connectivity index (χ2v) is 6.07. The molecule has 0 spiro atoms. The molecule has 0 radical (unpaired) electrons. The number of rotatable bonds is 6. The Hall–Kier alpha value is -2.68. The van der Waals surface area contributed by atoms with Crippen LogP contribution < -0.4 is 9.88 Å². The molecular formula is C21H23N2O+. The molecule has 0 bridgehead atoms. The topological polar surface area (TPSA) is 33.0 Å². The summed E-state index contributed by atoms with van der Waals surface area (Å²) in [7, 11) is 0. The first-order valence-electron chi connectivity index (χ1n) is 8.48. The predicted octanol–water partition coefficient (Wildman–Crippen LogP) is 3.78. The van der Waals surface area contributed by atoms with E-state index in [0.717, 1.165) is 23.8 Å². The van der Waals surface area contributed by atoms with Gasteiger partial charge in [0, 0.05) is 11.5 Å². The van der Waals surface area contributed by atoms with E-state index in [-0.39, 0.29) is 11.9 Å². The maximum atomic E-state index is 12.5. The second kappa shape index (κ2) is 7.73. The fraction of sp³-hybridized carbons (Fsp3) is 0.238. The Morgan fingerprint density at radius 3 is 2.46 bits per heavy atom. The minimum atomic E-state index is 0.0394. The minimum absolute atomic E-state index is 0.0394. The zero-order valence-corrected chi connectivity index (χ0v) is 14.0. The Bertz CT molecular complexity index is 814. The van der Waals surface area contributed by atoms with Crippen LogP contribution in [0.1, 0.15) is 31.4 Å². The van der Waals surface area contributed by atoms with E-state index in [1.165, 1.54) is 5.39 Å². The van der Waals surface area contributed by atoms with Crippen LogP contribution in [0.3, 0.4) is 0 Å². The van der Waals surface area contributed by atoms with Crippen LogP contribution >= 0.6 is 0 Å². The lowest BCUT2D eigenvalue weighted by Crippen LogP contribution is -2.43. The lowest BCUT2D eigenvalue weighted by Gasteiger charge is -2.17. The molecule has 2 aromatic carbocycles. The van der Waals surface area contributed by atoms with E-state index in [9.17, 15) is 4.79 Å². The van der Waals surface area contributed by atoms with Crippen LogP contribution in [-0.2, 0) is 11.3 Å². The van der Waals surface area contributed by atoms with Gasteiger partial charge in [0.05, 0.1) is 6.04 Å². The van der Waals surface area contributed by atoms with Crippen LogP contribution in [0.4, 0.5) is 0 Å². The van der Waals surface area contributed by atoms with Crippen molar-refractivity contribution < 1.29 is 9.36 Å². The minimum Gasteiger partial charge on any atom is -0.344 e. The molecule has 3 heteroatoms. The fourth-order valence-corrected chi connectivity index (χ4v) is 2.98. The number of amides is 1. The summed E-state index contributed by atoms with van der Waals surface area (Å²) in [5.74, 6) is 0.0394. The number of carbonyl (C=O) groups excluding carboxylic acids is 1. The molecule has 0 fully saturated rings. The molecule has 0 aliphatic rings. The number of carbonyl (C=O) groups is 1. The van der Waals surface area contributed by atoms with Crippen LogP contribution in [0.5, 0.6) is 0 Å². The van der Waals surface area contributed by atoms with Crippen molar-refractivity contribution in [2.24, 2.45) is 0 Å². The van der Waals surface area contributed by atoms with Gasteiger partial charge >= 0.3 is 0 Å². The number of hydrogen-bond acceptors (Lipinski definition) is 1. The third kappa shape index (κ3) is 3.99. The molecule has 1 atom stereocenters. The van der Waals surface area contributed by atoms with Crippen molar-refractivity contribution in [2.75, 3.05) is 0 Å². The molecule has 24 heavy (non-hydrogen) atoms. The summed E-state index contributed by atoms with van der Waals surface area (Å²) in [5, 5.41) is 5.49. The zero-order chi connectivity index (χ0) is 16.8. The average Bonchev–Trinajstić information content (AvgIpc) is 2.62. The Morgan fingerprint density at radius 2 is 1.71 bits per heavy atom. The number of hydrogen-bond donors (Lipinski definition) is 1. The quantitative estimate of drug-likeness (QED) is 0.689. The summed E-state index contributed by atoms with van der Waals surface area (Å²) >= 11 is 0. The van der Waals surface area contributed by atoms with E-state index in [2.05, 4.69) is 36.5 Å². The number of benzene rings is 2. The van der Waals surface area contributed by atoms with Gasteiger partial charge in [-0.15, -0.1) is 0 Å². The summed E-state index contributed by atoms with van der Waals surface area (Å²) in [4.78, 5) is 12.5. The molecule has 1 heterocycles. The van der Waals surface area contributed by atoms with Gasteiger partial charge in [-0.2, -0.15) is 4.57 Å². The summed E-state index contributed by atoms with van der Waals surface area (Å²) in [5.41, 5.74) is 1.16. The van der Waals surface area contributed by atoms with E-state index in [1.807, 2.05) is 53.4 Å². The van der Waals surface area contributed by atoms with Gasteiger partial charge in [-0.05, 0) is 23.4 Å². The fourth-order valence-electron chi connectivity index (χ4n) is 2.98. The lowest BCUT2D eigenvalue weighted by molar-refractivity contribution is -0.683. The molecule has 0 aliphatic carbocycles. The molecule has 0 aliphatic heterocycles. The van der Waals surface area contributed by atoms with Crippen molar-refractivity contribution in [1.29, 1.82) is 0 Å². The highest BCUT2D eigenvalue weighted by atomic mass is 16.2. The van der Waals surface area contributed by atoms with Gasteiger partial charge in [0.15, 0.2) is 12.4 Å². The SMILES string of the molecule is CCC[C@H](NC(=O)C[n+]1ccc2ccccc2c1)c1ccccc1. The van der Waals surface area contributed by atoms with E-state index in [4.69, 9.17) is 0 Å². The maximum Gasteiger partial charge on any atom is 0.286 e. The highest BCUT2D eigenvalue weighted by Crippen LogP contribution is 2.18. The molecule has 3 aromatic rings. The van der Waals surface area contributed by atoms with Crippen molar-refractivity contribution in [3.8, 4) is 0 Å². The molecule has 3 nitrogen and oxygen atoms in total. The Morgan fingerprint density at radius 1 is 1.00 bits per heavy atom. The number of nitrogens with one attached hydrogen (secondary N) is 1. The largest absolute Gasteiger partial charge is 0.344 e.